The predicted molar refractivity (Wildman–Crippen MR) is 147 cm³/mol. The number of rotatable bonds is 3. The van der Waals surface area contributed by atoms with Gasteiger partial charge in [-0.3, -0.25) is 4.79 Å². The van der Waals surface area contributed by atoms with E-state index >= 15 is 0 Å². The van der Waals surface area contributed by atoms with Crippen molar-refractivity contribution in [1.82, 2.24) is 14.9 Å². The second-order valence-corrected chi connectivity index (χ2v) is 12.0. The van der Waals surface area contributed by atoms with Gasteiger partial charge >= 0.3 is 6.09 Å². The van der Waals surface area contributed by atoms with Gasteiger partial charge in [0.1, 0.15) is 11.4 Å². The van der Waals surface area contributed by atoms with Crippen molar-refractivity contribution in [3.63, 3.8) is 0 Å². The molecule has 3 aliphatic rings. The number of likely N-dealkylation sites (N-methyl/N-ethyl adjacent to an activating group) is 1. The maximum Gasteiger partial charge on any atom is 0.410 e. The second kappa shape index (κ2) is 9.77. The number of carbonyl (C=O) groups excluding carboxylic acids is 2. The topological polar surface area (TPSA) is 103 Å². The molecule has 2 aliphatic heterocycles. The molecule has 9 nitrogen and oxygen atoms in total. The fourth-order valence-corrected chi connectivity index (χ4v) is 6.36. The molecule has 1 spiro atoms. The molecule has 1 fully saturated rings. The van der Waals surface area contributed by atoms with Crippen molar-refractivity contribution in [2.75, 3.05) is 42.7 Å². The average molecular weight is 535 g/mol. The summed E-state index contributed by atoms with van der Waals surface area (Å²) < 4.78 is 5.62. The summed E-state index contributed by atoms with van der Waals surface area (Å²) in [6.45, 7) is 7.03. The Balaban J connectivity index is 1.47. The lowest BCUT2D eigenvalue weighted by Crippen LogP contribution is -2.56. The van der Waals surface area contributed by atoms with Crippen LogP contribution in [0.5, 0.6) is 0 Å². The SMILES string of the molecule is CSc1nc2c(c(N3CCN(C(=O)OC(C)(C)C)[C@@H](CC#N)C3)n1)CCC1(C2)C(=O)N(C)c2ccccc21. The number of piperazine rings is 1. The second-order valence-electron chi connectivity index (χ2n) is 11.2. The number of ether oxygens (including phenoxy) is 1. The molecule has 200 valence electrons. The van der Waals surface area contributed by atoms with Crippen LogP contribution in [0.3, 0.4) is 0 Å². The zero-order chi connectivity index (χ0) is 27.2. The molecule has 0 bridgehead atoms. The van der Waals surface area contributed by atoms with Crippen LogP contribution in [0.1, 0.15) is 50.4 Å². The number of thioether (sulfide) groups is 1. The zero-order valence-corrected chi connectivity index (χ0v) is 23.5. The molecule has 38 heavy (non-hydrogen) atoms. The van der Waals surface area contributed by atoms with Crippen molar-refractivity contribution in [3.05, 3.63) is 41.1 Å². The Bertz CT molecular complexity index is 1320. The number of anilines is 2. The molecule has 1 saturated heterocycles. The first-order valence-corrected chi connectivity index (χ1v) is 14.2. The Morgan fingerprint density at radius 1 is 1.26 bits per heavy atom. The largest absolute Gasteiger partial charge is 0.444 e. The van der Waals surface area contributed by atoms with E-state index in [0.29, 0.717) is 44.1 Å². The van der Waals surface area contributed by atoms with Crippen LogP contribution < -0.4 is 9.80 Å². The first kappa shape index (κ1) is 26.3. The number of aromatic nitrogens is 2. The molecule has 2 aromatic rings. The van der Waals surface area contributed by atoms with Crippen LogP contribution in [0.4, 0.5) is 16.3 Å². The highest BCUT2D eigenvalue weighted by Gasteiger charge is 2.52. The number of nitriles is 1. The summed E-state index contributed by atoms with van der Waals surface area (Å²) in [7, 11) is 1.85. The van der Waals surface area contributed by atoms with E-state index in [9.17, 15) is 14.9 Å². The number of hydrogen-bond acceptors (Lipinski definition) is 8. The van der Waals surface area contributed by atoms with E-state index in [-0.39, 0.29) is 18.4 Å². The Morgan fingerprint density at radius 2 is 2.03 bits per heavy atom. The summed E-state index contributed by atoms with van der Waals surface area (Å²) in [5, 5.41) is 10.2. The smallest absolute Gasteiger partial charge is 0.410 e. The van der Waals surface area contributed by atoms with E-state index in [1.54, 1.807) is 9.80 Å². The van der Waals surface area contributed by atoms with Gasteiger partial charge in [0.2, 0.25) is 5.91 Å². The molecule has 2 amide bonds. The van der Waals surface area contributed by atoms with E-state index in [2.05, 4.69) is 17.0 Å². The van der Waals surface area contributed by atoms with Gasteiger partial charge in [-0.25, -0.2) is 14.8 Å². The first-order valence-electron chi connectivity index (χ1n) is 13.0. The average Bonchev–Trinajstić information content (AvgIpc) is 3.09. The van der Waals surface area contributed by atoms with E-state index in [1.165, 1.54) is 11.8 Å². The fourth-order valence-electron chi connectivity index (χ4n) is 5.98. The van der Waals surface area contributed by atoms with Gasteiger partial charge in [-0.05, 0) is 51.5 Å². The zero-order valence-electron chi connectivity index (χ0n) is 22.7. The molecule has 1 aromatic heterocycles. The minimum absolute atomic E-state index is 0.121. The molecular formula is C28H34N6O3S. The lowest BCUT2D eigenvalue weighted by atomic mass is 9.69. The van der Waals surface area contributed by atoms with Gasteiger partial charge in [0.15, 0.2) is 5.16 Å². The van der Waals surface area contributed by atoms with Gasteiger partial charge in [0.05, 0.1) is 29.6 Å². The predicted octanol–water partition coefficient (Wildman–Crippen LogP) is 3.94. The lowest BCUT2D eigenvalue weighted by Gasteiger charge is -2.42. The molecule has 1 aliphatic carbocycles. The third-order valence-electron chi connectivity index (χ3n) is 7.74. The van der Waals surface area contributed by atoms with Gasteiger partial charge < -0.3 is 19.4 Å². The van der Waals surface area contributed by atoms with E-state index in [1.807, 2.05) is 52.3 Å². The standard InChI is InChI=1S/C28H34N6O3S/c1-27(2,3)37-26(36)34-15-14-33(17-18(34)11-13-29)23-19-10-12-28(16-21(19)30-25(31-23)38-5)20-8-6-7-9-22(20)32(4)24(28)35/h6-9,18H,10-12,14-17H2,1-5H3/t18-,28?/m0/s1. The summed E-state index contributed by atoms with van der Waals surface area (Å²) in [4.78, 5) is 41.9. The molecule has 10 heteroatoms. The van der Waals surface area contributed by atoms with Crippen LogP contribution in [0.2, 0.25) is 0 Å². The molecule has 2 atom stereocenters. The summed E-state index contributed by atoms with van der Waals surface area (Å²) >= 11 is 1.48. The Morgan fingerprint density at radius 3 is 2.74 bits per heavy atom. The summed E-state index contributed by atoms with van der Waals surface area (Å²) in [6.07, 6.45) is 3.67. The molecule has 0 saturated carbocycles. The van der Waals surface area contributed by atoms with Gasteiger partial charge in [-0.15, -0.1) is 0 Å². The number of para-hydroxylation sites is 1. The number of amides is 2. The molecule has 3 heterocycles. The third kappa shape index (κ3) is 4.47. The van der Waals surface area contributed by atoms with Crippen molar-refractivity contribution in [2.45, 2.75) is 68.7 Å². The molecule has 5 rings (SSSR count). The normalized spacial score (nSPS) is 22.8. The summed E-state index contributed by atoms with van der Waals surface area (Å²) in [5.74, 6) is 0.975. The van der Waals surface area contributed by atoms with E-state index < -0.39 is 17.1 Å². The minimum atomic E-state index is -0.613. The highest BCUT2D eigenvalue weighted by molar-refractivity contribution is 7.98. The highest BCUT2D eigenvalue weighted by atomic mass is 32.2. The van der Waals surface area contributed by atoms with Gasteiger partial charge in [0.25, 0.3) is 0 Å². The van der Waals surface area contributed by atoms with E-state index in [4.69, 9.17) is 14.7 Å². The Labute approximate surface area is 228 Å². The number of carbonyl (C=O) groups is 2. The van der Waals surface area contributed by atoms with Crippen LogP contribution in [-0.4, -0.2) is 71.4 Å². The first-order chi connectivity index (χ1) is 18.1. The summed E-state index contributed by atoms with van der Waals surface area (Å²) in [6, 6.07) is 9.98. The van der Waals surface area contributed by atoms with Crippen LogP contribution in [0.15, 0.2) is 29.4 Å². The molecule has 1 aromatic carbocycles. The molecule has 0 radical (unpaired) electrons. The van der Waals surface area contributed by atoms with Gasteiger partial charge in [-0.1, -0.05) is 30.0 Å². The van der Waals surface area contributed by atoms with Gasteiger partial charge in [0, 0.05) is 44.4 Å². The Hall–Kier alpha value is -3.32. The molecule has 0 N–H and O–H groups in total. The van der Waals surface area contributed by atoms with Crippen molar-refractivity contribution in [3.8, 4) is 6.07 Å². The fraction of sp³-hybridized carbons (Fsp3) is 0.536. The van der Waals surface area contributed by atoms with Gasteiger partial charge in [-0.2, -0.15) is 5.26 Å². The van der Waals surface area contributed by atoms with Crippen molar-refractivity contribution in [2.24, 2.45) is 0 Å². The van der Waals surface area contributed by atoms with Crippen LogP contribution in [0.25, 0.3) is 0 Å². The Kier molecular flexibility index (Phi) is 6.76. The number of fused-ring (bicyclic) bond motifs is 3. The number of nitrogens with zero attached hydrogens (tertiary/aromatic N) is 6. The summed E-state index contributed by atoms with van der Waals surface area (Å²) in [5.41, 5.74) is 2.80. The minimum Gasteiger partial charge on any atom is -0.444 e. The van der Waals surface area contributed by atoms with Crippen molar-refractivity contribution >= 4 is 35.3 Å². The van der Waals surface area contributed by atoms with Crippen LogP contribution in [-0.2, 0) is 27.8 Å². The number of hydrogen-bond donors (Lipinski definition) is 0. The highest BCUT2D eigenvalue weighted by Crippen LogP contribution is 2.49. The molecular weight excluding hydrogens is 500 g/mol. The van der Waals surface area contributed by atoms with Crippen molar-refractivity contribution < 1.29 is 14.3 Å². The van der Waals surface area contributed by atoms with Crippen LogP contribution in [0, 0.1) is 11.3 Å². The number of benzene rings is 1. The maximum absolute atomic E-state index is 13.6. The quantitative estimate of drug-likeness (QED) is 0.431. The lowest BCUT2D eigenvalue weighted by molar-refractivity contribution is -0.123. The van der Waals surface area contributed by atoms with Crippen LogP contribution >= 0.6 is 11.8 Å². The van der Waals surface area contributed by atoms with Crippen molar-refractivity contribution in [1.29, 1.82) is 5.26 Å². The monoisotopic (exact) mass is 534 g/mol. The molecule has 1 unspecified atom stereocenters. The third-order valence-corrected chi connectivity index (χ3v) is 8.28. The maximum atomic E-state index is 13.6. The van der Waals surface area contributed by atoms with E-state index in [0.717, 1.165) is 28.3 Å².